The van der Waals surface area contributed by atoms with Crippen LogP contribution in [0.4, 0.5) is 51.3 Å². The molecule has 0 radical (unpaired) electrons. The molecule has 15 heteroatoms. The third-order valence-electron chi connectivity index (χ3n) is 6.25. The molecule has 0 spiro atoms. The number of rotatable bonds is 4. The molecule has 1 fully saturated rings. The highest BCUT2D eigenvalue weighted by Gasteiger charge is 2.37. The fraction of sp³-hybridized carbons (Fsp3) is 0.280. The van der Waals surface area contributed by atoms with Crippen molar-refractivity contribution in [3.63, 3.8) is 0 Å². The molecule has 5 rings (SSSR count). The number of halogens is 9. The molecule has 3 heterocycles. The molecule has 1 saturated heterocycles. The fourth-order valence-electron chi connectivity index (χ4n) is 4.50. The van der Waals surface area contributed by atoms with Crippen molar-refractivity contribution in [2.24, 2.45) is 0 Å². The first-order valence-electron chi connectivity index (χ1n) is 11.7. The molecule has 6 nitrogen and oxygen atoms in total. The number of H-pyrrole nitrogens is 1. The summed E-state index contributed by atoms with van der Waals surface area (Å²) in [5.41, 5.74) is -1.95. The van der Waals surface area contributed by atoms with Crippen LogP contribution in [0, 0.1) is 0 Å². The predicted molar refractivity (Wildman–Crippen MR) is 127 cm³/mol. The number of aromatic amines is 1. The van der Waals surface area contributed by atoms with Crippen molar-refractivity contribution in [2.75, 3.05) is 36.0 Å². The van der Waals surface area contributed by atoms with Crippen molar-refractivity contribution < 1.29 is 44.3 Å². The molecular weight excluding hydrogens is 557 g/mol. The van der Waals surface area contributed by atoms with E-state index in [1.807, 2.05) is 0 Å². The minimum absolute atomic E-state index is 0.00977. The van der Waals surface area contributed by atoms with Crippen LogP contribution in [-0.4, -0.2) is 47.5 Å². The number of nitrogens with zero attached hydrogens (tertiary/aromatic N) is 4. The van der Waals surface area contributed by atoms with Crippen LogP contribution in [0.2, 0.25) is 0 Å². The van der Waals surface area contributed by atoms with Crippen LogP contribution in [-0.2, 0) is 12.4 Å². The third-order valence-corrected chi connectivity index (χ3v) is 6.25. The predicted octanol–water partition coefficient (Wildman–Crippen LogP) is 6.89. The molecule has 212 valence electrons. The number of benzene rings is 2. The Hall–Kier alpha value is -4.17. The van der Waals surface area contributed by atoms with Gasteiger partial charge in [0.25, 0.3) is 0 Å². The van der Waals surface area contributed by atoms with Gasteiger partial charge in [0.2, 0.25) is 5.95 Å². The largest absolute Gasteiger partial charge is 0.573 e. The van der Waals surface area contributed by atoms with Crippen molar-refractivity contribution in [1.82, 2.24) is 15.0 Å². The number of nitrogens with one attached hydrogen (secondary N) is 1. The molecule has 0 unspecified atom stereocenters. The second kappa shape index (κ2) is 9.78. The molecule has 2 aromatic carbocycles. The number of piperazine rings is 1. The van der Waals surface area contributed by atoms with Gasteiger partial charge in [0.15, 0.2) is 0 Å². The van der Waals surface area contributed by atoms with Crippen LogP contribution < -0.4 is 14.5 Å². The average molecular weight is 575 g/mol. The molecule has 0 amide bonds. The lowest BCUT2D eigenvalue weighted by atomic mass is 10.0. The molecule has 1 N–H and O–H groups in total. The van der Waals surface area contributed by atoms with E-state index in [-0.39, 0.29) is 60.1 Å². The monoisotopic (exact) mass is 575 g/mol. The van der Waals surface area contributed by atoms with Gasteiger partial charge in [0.1, 0.15) is 11.6 Å². The van der Waals surface area contributed by atoms with Gasteiger partial charge in [-0.05, 0) is 42.0 Å². The molecular formula is C25H18F9N5O. The van der Waals surface area contributed by atoms with Gasteiger partial charge in [-0.3, -0.25) is 0 Å². The van der Waals surface area contributed by atoms with Crippen molar-refractivity contribution in [3.8, 4) is 16.9 Å². The molecule has 0 atom stereocenters. The first kappa shape index (κ1) is 27.4. The Morgan fingerprint density at radius 1 is 0.775 bits per heavy atom. The zero-order chi connectivity index (χ0) is 28.9. The number of fused-ring (bicyclic) bond motifs is 1. The summed E-state index contributed by atoms with van der Waals surface area (Å²) >= 11 is 0. The average Bonchev–Trinajstić information content (AvgIpc) is 3.31. The summed E-state index contributed by atoms with van der Waals surface area (Å²) in [4.78, 5) is 14.2. The van der Waals surface area contributed by atoms with E-state index in [9.17, 15) is 39.5 Å². The van der Waals surface area contributed by atoms with Crippen LogP contribution in [0.3, 0.4) is 0 Å². The van der Waals surface area contributed by atoms with Crippen molar-refractivity contribution in [2.45, 2.75) is 18.7 Å². The first-order chi connectivity index (χ1) is 18.7. The highest BCUT2D eigenvalue weighted by molar-refractivity contribution is 5.94. The van der Waals surface area contributed by atoms with E-state index >= 15 is 0 Å². The van der Waals surface area contributed by atoms with Crippen LogP contribution >= 0.6 is 0 Å². The molecule has 2 aromatic heterocycles. The molecule has 4 aromatic rings. The van der Waals surface area contributed by atoms with E-state index in [0.717, 1.165) is 30.3 Å². The Labute approximate surface area is 220 Å². The van der Waals surface area contributed by atoms with Crippen LogP contribution in [0.5, 0.6) is 5.75 Å². The van der Waals surface area contributed by atoms with E-state index in [1.165, 1.54) is 29.3 Å². The lowest BCUT2D eigenvalue weighted by Crippen LogP contribution is -2.47. The molecule has 1 aliphatic heterocycles. The Balaban J connectivity index is 1.47. The van der Waals surface area contributed by atoms with Gasteiger partial charge in [0, 0.05) is 37.9 Å². The van der Waals surface area contributed by atoms with Crippen molar-refractivity contribution >= 4 is 22.8 Å². The maximum atomic E-state index is 13.7. The van der Waals surface area contributed by atoms with Crippen LogP contribution in [0.1, 0.15) is 11.1 Å². The molecule has 0 bridgehead atoms. The van der Waals surface area contributed by atoms with Gasteiger partial charge >= 0.3 is 18.7 Å². The maximum Gasteiger partial charge on any atom is 0.573 e. The SMILES string of the molecule is FC(F)(F)Oc1cccc(-c2cc(C(F)(F)F)cc3[nH]c(N4CCN(c5ncccc5C(F)(F)F)CC4)nc23)c1. The zero-order valence-electron chi connectivity index (χ0n) is 20.1. The normalized spacial score (nSPS) is 15.1. The number of imidazole rings is 1. The first-order valence-corrected chi connectivity index (χ1v) is 11.7. The lowest BCUT2D eigenvalue weighted by Gasteiger charge is -2.36. The molecule has 0 saturated carbocycles. The number of alkyl halides is 9. The zero-order valence-corrected chi connectivity index (χ0v) is 20.1. The quantitative estimate of drug-likeness (QED) is 0.269. The molecule has 1 aliphatic rings. The lowest BCUT2D eigenvalue weighted by molar-refractivity contribution is -0.274. The standard InChI is InChI=1S/C25H18F9N5O/c26-23(27,28)15-12-17(14-3-1-4-16(11-14)40-25(32,33)34)20-19(13-15)36-22(37-20)39-9-7-38(8-10-39)21-18(24(29,30)31)5-2-6-35-21/h1-6,11-13H,7-10H2,(H,36,37). The Kier molecular flexibility index (Phi) is 6.70. The number of anilines is 2. The van der Waals surface area contributed by atoms with Crippen molar-refractivity contribution in [1.29, 1.82) is 0 Å². The number of hydrogen-bond acceptors (Lipinski definition) is 5. The van der Waals surface area contributed by atoms with E-state index < -0.39 is 35.6 Å². The summed E-state index contributed by atoms with van der Waals surface area (Å²) in [6.07, 6.45) is -13.1. The summed E-state index contributed by atoms with van der Waals surface area (Å²) in [6.45, 7) is 0.581. The Bertz CT molecular complexity index is 1520. The van der Waals surface area contributed by atoms with E-state index in [2.05, 4.69) is 19.7 Å². The van der Waals surface area contributed by atoms with Crippen LogP contribution in [0.15, 0.2) is 54.7 Å². The highest BCUT2D eigenvalue weighted by Crippen LogP contribution is 2.39. The van der Waals surface area contributed by atoms with E-state index in [1.54, 1.807) is 4.90 Å². The molecule has 0 aliphatic carbocycles. The van der Waals surface area contributed by atoms with Crippen molar-refractivity contribution in [3.05, 3.63) is 65.9 Å². The van der Waals surface area contributed by atoms with Gasteiger partial charge in [-0.25, -0.2) is 9.97 Å². The second-order valence-corrected chi connectivity index (χ2v) is 8.90. The Morgan fingerprint density at radius 2 is 1.48 bits per heavy atom. The third kappa shape index (κ3) is 5.72. The van der Waals surface area contributed by atoms with Gasteiger partial charge in [-0.2, -0.15) is 26.3 Å². The summed E-state index contributed by atoms with van der Waals surface area (Å²) < 4.78 is 123. The summed E-state index contributed by atoms with van der Waals surface area (Å²) in [5.74, 6) is -0.678. The number of ether oxygens (including phenoxy) is 1. The van der Waals surface area contributed by atoms with Gasteiger partial charge in [-0.15, -0.1) is 13.2 Å². The number of aromatic nitrogens is 3. The van der Waals surface area contributed by atoms with E-state index in [0.29, 0.717) is 0 Å². The summed E-state index contributed by atoms with van der Waals surface area (Å²) in [6, 6.07) is 8.27. The van der Waals surface area contributed by atoms with Crippen LogP contribution in [0.25, 0.3) is 22.2 Å². The molecule has 40 heavy (non-hydrogen) atoms. The second-order valence-electron chi connectivity index (χ2n) is 8.90. The summed E-state index contributed by atoms with van der Waals surface area (Å²) in [5, 5.41) is 0. The minimum Gasteiger partial charge on any atom is -0.406 e. The summed E-state index contributed by atoms with van der Waals surface area (Å²) in [7, 11) is 0. The number of hydrogen-bond donors (Lipinski definition) is 1. The number of pyridine rings is 1. The van der Waals surface area contributed by atoms with E-state index in [4.69, 9.17) is 0 Å². The fourth-order valence-corrected chi connectivity index (χ4v) is 4.50. The topological polar surface area (TPSA) is 57.3 Å². The highest BCUT2D eigenvalue weighted by atomic mass is 19.4. The Morgan fingerprint density at radius 3 is 2.12 bits per heavy atom. The minimum atomic E-state index is -5.00. The maximum absolute atomic E-state index is 13.7. The van der Waals surface area contributed by atoms with Gasteiger partial charge in [-0.1, -0.05) is 12.1 Å². The smallest absolute Gasteiger partial charge is 0.406 e. The van der Waals surface area contributed by atoms with Gasteiger partial charge in [0.05, 0.1) is 22.2 Å². The van der Waals surface area contributed by atoms with Gasteiger partial charge < -0.3 is 19.5 Å².